The van der Waals surface area contributed by atoms with Crippen LogP contribution in [-0.4, -0.2) is 37.4 Å². The molecule has 1 saturated heterocycles. The normalized spacial score (nSPS) is 13.5. The number of halogens is 1. The predicted octanol–water partition coefficient (Wildman–Crippen LogP) is 3.27. The molecule has 0 unspecified atom stereocenters. The lowest BCUT2D eigenvalue weighted by atomic mass is 10.1. The zero-order chi connectivity index (χ0) is 19.2. The van der Waals surface area contributed by atoms with E-state index >= 15 is 0 Å². The topological polar surface area (TPSA) is 72.9 Å². The first-order valence-corrected chi connectivity index (χ1v) is 8.89. The molecule has 0 atom stereocenters. The van der Waals surface area contributed by atoms with Crippen LogP contribution in [0.2, 0.25) is 5.02 Å². The first-order chi connectivity index (χ1) is 13.0. The average molecular weight is 388 g/mol. The fourth-order valence-corrected chi connectivity index (χ4v) is 2.91. The SMILES string of the molecule is O=C(COc1ccccc1Cl)OCC(=O)c1ccc(N2CCCC2=O)cc1. The molecule has 0 N–H and O–H groups in total. The number of ketones is 1. The molecule has 0 aliphatic carbocycles. The van der Waals surface area contributed by atoms with Crippen molar-refractivity contribution < 1.29 is 23.9 Å². The van der Waals surface area contributed by atoms with E-state index in [1.807, 2.05) is 0 Å². The predicted molar refractivity (Wildman–Crippen MR) is 100 cm³/mol. The highest BCUT2D eigenvalue weighted by molar-refractivity contribution is 6.32. The summed E-state index contributed by atoms with van der Waals surface area (Å²) in [6.07, 6.45) is 1.39. The monoisotopic (exact) mass is 387 g/mol. The van der Waals surface area contributed by atoms with Gasteiger partial charge in [0.1, 0.15) is 5.75 Å². The van der Waals surface area contributed by atoms with Gasteiger partial charge in [-0.2, -0.15) is 0 Å². The minimum atomic E-state index is -0.664. The molecule has 3 rings (SSSR count). The van der Waals surface area contributed by atoms with Gasteiger partial charge in [-0.3, -0.25) is 9.59 Å². The molecule has 140 valence electrons. The van der Waals surface area contributed by atoms with Gasteiger partial charge in [-0.15, -0.1) is 0 Å². The highest BCUT2D eigenvalue weighted by atomic mass is 35.5. The Hall–Kier alpha value is -2.86. The molecule has 1 aliphatic heterocycles. The zero-order valence-electron chi connectivity index (χ0n) is 14.5. The summed E-state index contributed by atoms with van der Waals surface area (Å²) in [4.78, 5) is 37.3. The molecule has 7 heteroatoms. The highest BCUT2D eigenvalue weighted by Crippen LogP contribution is 2.23. The molecule has 2 aromatic rings. The van der Waals surface area contributed by atoms with Gasteiger partial charge < -0.3 is 14.4 Å². The lowest BCUT2D eigenvalue weighted by Gasteiger charge is -2.15. The molecule has 1 fully saturated rings. The Morgan fingerprint density at radius 3 is 2.44 bits per heavy atom. The van der Waals surface area contributed by atoms with Crippen molar-refractivity contribution in [3.05, 3.63) is 59.1 Å². The molecular formula is C20H18ClNO5. The van der Waals surface area contributed by atoms with Crippen molar-refractivity contribution in [2.75, 3.05) is 24.7 Å². The van der Waals surface area contributed by atoms with Gasteiger partial charge in [-0.05, 0) is 42.8 Å². The summed E-state index contributed by atoms with van der Waals surface area (Å²) in [7, 11) is 0. The van der Waals surface area contributed by atoms with Crippen LogP contribution in [0.25, 0.3) is 0 Å². The third-order valence-corrected chi connectivity index (χ3v) is 4.43. The van der Waals surface area contributed by atoms with Crippen molar-refractivity contribution in [3.63, 3.8) is 0 Å². The number of nitrogens with zero attached hydrogens (tertiary/aromatic N) is 1. The van der Waals surface area contributed by atoms with Crippen molar-refractivity contribution in [2.45, 2.75) is 12.8 Å². The summed E-state index contributed by atoms with van der Waals surface area (Å²) >= 11 is 5.93. The maximum absolute atomic E-state index is 12.2. The fourth-order valence-electron chi connectivity index (χ4n) is 2.72. The second kappa shape index (κ2) is 8.68. The average Bonchev–Trinajstić information content (AvgIpc) is 3.11. The van der Waals surface area contributed by atoms with Crippen LogP contribution in [0.15, 0.2) is 48.5 Å². The van der Waals surface area contributed by atoms with Gasteiger partial charge in [0.15, 0.2) is 19.0 Å². The number of benzene rings is 2. The van der Waals surface area contributed by atoms with Crippen LogP contribution >= 0.6 is 11.6 Å². The summed E-state index contributed by atoms with van der Waals surface area (Å²) in [5.41, 5.74) is 1.17. The molecule has 27 heavy (non-hydrogen) atoms. The van der Waals surface area contributed by atoms with Crippen molar-refractivity contribution in [1.82, 2.24) is 0 Å². The number of carbonyl (C=O) groups excluding carboxylic acids is 3. The van der Waals surface area contributed by atoms with Crippen LogP contribution in [0.1, 0.15) is 23.2 Å². The van der Waals surface area contributed by atoms with E-state index in [1.165, 1.54) is 0 Å². The summed E-state index contributed by atoms with van der Waals surface area (Å²) in [6, 6.07) is 13.4. The van der Waals surface area contributed by atoms with E-state index < -0.39 is 5.97 Å². The number of esters is 1. The highest BCUT2D eigenvalue weighted by Gasteiger charge is 2.21. The van der Waals surface area contributed by atoms with Crippen LogP contribution in [-0.2, 0) is 14.3 Å². The van der Waals surface area contributed by atoms with Gasteiger partial charge in [0, 0.05) is 24.2 Å². The molecule has 0 spiro atoms. The number of Topliss-reactive ketones (excluding diaryl/α,β-unsaturated/α-hetero) is 1. The van der Waals surface area contributed by atoms with E-state index in [4.69, 9.17) is 21.1 Å². The molecule has 1 amide bonds. The number of hydrogen-bond donors (Lipinski definition) is 0. The summed E-state index contributed by atoms with van der Waals surface area (Å²) in [6.45, 7) is -0.0328. The van der Waals surface area contributed by atoms with Crippen LogP contribution < -0.4 is 9.64 Å². The van der Waals surface area contributed by atoms with E-state index in [2.05, 4.69) is 0 Å². The molecule has 0 aromatic heterocycles. The minimum absolute atomic E-state index is 0.0847. The number of rotatable bonds is 7. The quantitative estimate of drug-likeness (QED) is 0.538. The van der Waals surface area contributed by atoms with Crippen LogP contribution in [0, 0.1) is 0 Å². The smallest absolute Gasteiger partial charge is 0.344 e. The third-order valence-electron chi connectivity index (χ3n) is 4.12. The molecule has 1 aliphatic rings. The number of carbonyl (C=O) groups is 3. The van der Waals surface area contributed by atoms with Crippen LogP contribution in [0.4, 0.5) is 5.69 Å². The van der Waals surface area contributed by atoms with Crippen molar-refractivity contribution in [3.8, 4) is 5.75 Å². The number of hydrogen-bond acceptors (Lipinski definition) is 5. The molecule has 0 saturated carbocycles. The lowest BCUT2D eigenvalue weighted by molar-refractivity contribution is -0.144. The first kappa shape index (κ1) is 18.9. The molecule has 0 bridgehead atoms. The molecule has 6 nitrogen and oxygen atoms in total. The van der Waals surface area contributed by atoms with Gasteiger partial charge in [0.25, 0.3) is 0 Å². The number of amides is 1. The Bertz CT molecular complexity index is 850. The summed E-state index contributed by atoms with van der Waals surface area (Å²) < 4.78 is 10.2. The summed E-state index contributed by atoms with van der Waals surface area (Å²) in [5.74, 6) is -0.543. The molecular weight excluding hydrogens is 370 g/mol. The largest absolute Gasteiger partial charge is 0.480 e. The Labute approximate surface area is 161 Å². The zero-order valence-corrected chi connectivity index (χ0v) is 15.3. The Kier molecular flexibility index (Phi) is 6.08. The van der Waals surface area contributed by atoms with E-state index in [0.29, 0.717) is 29.3 Å². The minimum Gasteiger partial charge on any atom is -0.480 e. The van der Waals surface area contributed by atoms with Crippen molar-refractivity contribution in [1.29, 1.82) is 0 Å². The Balaban J connectivity index is 1.48. The van der Waals surface area contributed by atoms with Gasteiger partial charge in [-0.25, -0.2) is 4.79 Å². The van der Waals surface area contributed by atoms with E-state index in [1.54, 1.807) is 53.4 Å². The maximum Gasteiger partial charge on any atom is 0.344 e. The first-order valence-electron chi connectivity index (χ1n) is 8.51. The number of para-hydroxylation sites is 1. The molecule has 1 heterocycles. The number of anilines is 1. The molecule has 0 radical (unpaired) electrons. The lowest BCUT2D eigenvalue weighted by Crippen LogP contribution is -2.23. The van der Waals surface area contributed by atoms with Crippen molar-refractivity contribution in [2.24, 2.45) is 0 Å². The van der Waals surface area contributed by atoms with Gasteiger partial charge in [0.2, 0.25) is 5.91 Å². The second-order valence-electron chi connectivity index (χ2n) is 6.00. The van der Waals surface area contributed by atoms with E-state index in [-0.39, 0.29) is 24.9 Å². The fraction of sp³-hybridized carbons (Fsp3) is 0.250. The second-order valence-corrected chi connectivity index (χ2v) is 6.41. The molecule has 2 aromatic carbocycles. The van der Waals surface area contributed by atoms with Crippen molar-refractivity contribution >= 4 is 34.9 Å². The number of ether oxygens (including phenoxy) is 2. The van der Waals surface area contributed by atoms with Gasteiger partial charge in [-0.1, -0.05) is 23.7 Å². The van der Waals surface area contributed by atoms with Crippen LogP contribution in [0.3, 0.4) is 0 Å². The summed E-state index contributed by atoms with van der Waals surface area (Å²) in [5, 5.41) is 0.387. The standard InChI is InChI=1S/C20H18ClNO5/c21-16-4-1-2-5-18(16)26-13-20(25)27-12-17(23)14-7-9-15(10-8-14)22-11-3-6-19(22)24/h1-2,4-5,7-10H,3,6,11-13H2. The Morgan fingerprint density at radius 1 is 1.04 bits per heavy atom. The van der Waals surface area contributed by atoms with Gasteiger partial charge in [0.05, 0.1) is 5.02 Å². The Morgan fingerprint density at radius 2 is 1.78 bits per heavy atom. The van der Waals surface area contributed by atoms with Gasteiger partial charge >= 0.3 is 5.97 Å². The third kappa shape index (κ3) is 4.86. The van der Waals surface area contributed by atoms with E-state index in [9.17, 15) is 14.4 Å². The van der Waals surface area contributed by atoms with E-state index in [0.717, 1.165) is 12.1 Å². The van der Waals surface area contributed by atoms with Crippen LogP contribution in [0.5, 0.6) is 5.75 Å². The maximum atomic E-state index is 12.2.